The fourth-order valence-electron chi connectivity index (χ4n) is 6.01. The van der Waals surface area contributed by atoms with Crippen molar-refractivity contribution in [3.63, 3.8) is 0 Å². The average molecular weight is 321 g/mol. The predicted octanol–water partition coefficient (Wildman–Crippen LogP) is 5.02. The van der Waals surface area contributed by atoms with Gasteiger partial charge in [0.25, 0.3) is 0 Å². The van der Waals surface area contributed by atoms with Crippen molar-refractivity contribution < 1.29 is 0 Å². The summed E-state index contributed by atoms with van der Waals surface area (Å²) in [5.74, 6) is 12.1. The minimum absolute atomic E-state index is 0.390. The number of alkyl halides is 1. The van der Waals surface area contributed by atoms with Crippen molar-refractivity contribution in [1.82, 2.24) is 0 Å². The summed E-state index contributed by atoms with van der Waals surface area (Å²) < 4.78 is 0. The van der Waals surface area contributed by atoms with Crippen LogP contribution in [0.3, 0.4) is 0 Å². The highest BCUT2D eigenvalue weighted by Gasteiger charge is 2.52. The van der Waals surface area contributed by atoms with E-state index in [-0.39, 0.29) is 0 Å². The average Bonchev–Trinajstić information content (AvgIpc) is 2.79. The van der Waals surface area contributed by atoms with Gasteiger partial charge in [0.15, 0.2) is 0 Å². The molecule has 104 valence electrons. The van der Waals surface area contributed by atoms with Crippen molar-refractivity contribution in [2.45, 2.75) is 63.1 Å². The first-order valence-corrected chi connectivity index (χ1v) is 9.23. The highest BCUT2D eigenvalue weighted by atomic mass is 79.9. The van der Waals surface area contributed by atoms with E-state index in [9.17, 15) is 0 Å². The largest absolute Gasteiger partial charge is 0.102 e. The Morgan fingerprint density at radius 2 is 1.84 bits per heavy atom. The Labute approximate surface area is 126 Å². The molecule has 0 aromatic rings. The summed E-state index contributed by atoms with van der Waals surface area (Å²) in [4.78, 5) is 0.814. The molecule has 0 amide bonds. The van der Waals surface area contributed by atoms with E-state index in [0.717, 1.165) is 34.4 Å². The zero-order chi connectivity index (χ0) is 13.0. The fourth-order valence-corrected chi connectivity index (χ4v) is 6.76. The van der Waals surface area contributed by atoms with Gasteiger partial charge >= 0.3 is 0 Å². The molecule has 0 nitrogen and oxygen atoms in total. The lowest BCUT2D eigenvalue weighted by atomic mass is 9.50. The first kappa shape index (κ1) is 12.8. The molecule has 0 spiro atoms. The predicted molar refractivity (Wildman–Crippen MR) is 83.0 cm³/mol. The molecule has 0 bridgehead atoms. The van der Waals surface area contributed by atoms with Crippen LogP contribution in [-0.2, 0) is 0 Å². The van der Waals surface area contributed by atoms with Gasteiger partial charge in [-0.1, -0.05) is 21.9 Å². The van der Waals surface area contributed by atoms with Crippen LogP contribution < -0.4 is 0 Å². The van der Waals surface area contributed by atoms with Gasteiger partial charge in [-0.3, -0.25) is 0 Å². The lowest BCUT2D eigenvalue weighted by Gasteiger charge is -2.54. The van der Waals surface area contributed by atoms with Gasteiger partial charge in [-0.2, -0.15) is 0 Å². The van der Waals surface area contributed by atoms with E-state index >= 15 is 0 Å². The maximum Gasteiger partial charge on any atom is 0.0326 e. The molecule has 3 fully saturated rings. The van der Waals surface area contributed by atoms with Crippen molar-refractivity contribution in [1.29, 1.82) is 0 Å². The smallest absolute Gasteiger partial charge is 0.0326 e. The lowest BCUT2D eigenvalue weighted by Crippen LogP contribution is -2.47. The summed E-state index contributed by atoms with van der Waals surface area (Å²) in [6.07, 6.45) is 11.4. The fraction of sp³-hybridized carbons (Fsp3) is 0.889. The highest BCUT2D eigenvalue weighted by molar-refractivity contribution is 9.09. The second kappa shape index (κ2) is 4.52. The first-order chi connectivity index (χ1) is 9.17. The molecule has 0 radical (unpaired) electrons. The van der Waals surface area contributed by atoms with Gasteiger partial charge in [0.05, 0.1) is 0 Å². The van der Waals surface area contributed by atoms with Gasteiger partial charge in [0, 0.05) is 16.7 Å². The molecule has 1 heteroatoms. The van der Waals surface area contributed by atoms with Gasteiger partial charge in [-0.15, -0.1) is 5.92 Å². The maximum atomic E-state index is 3.87. The van der Waals surface area contributed by atoms with Crippen LogP contribution in [0.5, 0.6) is 0 Å². The topological polar surface area (TPSA) is 0 Å². The third-order valence-electron chi connectivity index (χ3n) is 6.98. The highest BCUT2D eigenvalue weighted by Crippen LogP contribution is 2.59. The maximum absolute atomic E-state index is 3.87. The molecular formula is C18H25Br. The first-order valence-electron chi connectivity index (χ1n) is 8.31. The van der Waals surface area contributed by atoms with E-state index in [2.05, 4.69) is 34.7 Å². The van der Waals surface area contributed by atoms with E-state index in [0.29, 0.717) is 5.41 Å². The standard InChI is InChI=1S/C18H25Br/c1-18-9-2-3-17(18)16-6-4-12-11-13(19)5-7-14(12)15(16)8-10-18/h12-17H,3-8,10-11H2,1H3/t12?,13?,14-,15+,16+,17-,18-/m0/s1. The zero-order valence-corrected chi connectivity index (χ0v) is 13.6. The van der Waals surface area contributed by atoms with Crippen molar-refractivity contribution in [2.24, 2.45) is 35.0 Å². The van der Waals surface area contributed by atoms with Crippen LogP contribution in [0.1, 0.15) is 58.3 Å². The molecule has 4 rings (SSSR count). The summed E-state index contributed by atoms with van der Waals surface area (Å²) in [6, 6.07) is 0. The van der Waals surface area contributed by atoms with E-state index in [4.69, 9.17) is 0 Å². The molecule has 0 heterocycles. The van der Waals surface area contributed by atoms with Crippen LogP contribution in [-0.4, -0.2) is 4.83 Å². The van der Waals surface area contributed by atoms with Gasteiger partial charge in [0.1, 0.15) is 0 Å². The second-order valence-electron chi connectivity index (χ2n) is 7.81. The minimum Gasteiger partial charge on any atom is -0.102 e. The monoisotopic (exact) mass is 320 g/mol. The number of fused-ring (bicyclic) bond motifs is 5. The molecule has 0 saturated heterocycles. The number of rotatable bonds is 0. The number of hydrogen-bond acceptors (Lipinski definition) is 0. The second-order valence-corrected chi connectivity index (χ2v) is 9.10. The van der Waals surface area contributed by atoms with Crippen LogP contribution in [0, 0.1) is 46.8 Å². The number of halogens is 1. The molecule has 2 unspecified atom stereocenters. The summed E-state index contributed by atoms with van der Waals surface area (Å²) in [6.45, 7) is 2.45. The van der Waals surface area contributed by atoms with Gasteiger partial charge < -0.3 is 0 Å². The molecule has 0 N–H and O–H groups in total. The van der Waals surface area contributed by atoms with Crippen molar-refractivity contribution in [3.8, 4) is 11.8 Å². The van der Waals surface area contributed by atoms with Crippen molar-refractivity contribution in [2.75, 3.05) is 0 Å². The Kier molecular flexibility index (Phi) is 3.04. The molecular weight excluding hydrogens is 296 g/mol. The molecule has 4 aliphatic rings. The van der Waals surface area contributed by atoms with Crippen LogP contribution in [0.2, 0.25) is 0 Å². The zero-order valence-electron chi connectivity index (χ0n) is 12.0. The summed E-state index contributed by atoms with van der Waals surface area (Å²) in [5, 5.41) is 0. The Bertz CT molecular complexity index is 431. The molecule has 7 atom stereocenters. The van der Waals surface area contributed by atoms with E-state index in [1.165, 1.54) is 51.4 Å². The normalized spacial score (nSPS) is 55.5. The molecule has 19 heavy (non-hydrogen) atoms. The Hall–Kier alpha value is 0.0400. The van der Waals surface area contributed by atoms with Crippen molar-refractivity contribution in [3.05, 3.63) is 0 Å². The van der Waals surface area contributed by atoms with Crippen LogP contribution in [0.15, 0.2) is 0 Å². The Morgan fingerprint density at radius 1 is 1.00 bits per heavy atom. The van der Waals surface area contributed by atoms with Gasteiger partial charge in [-0.05, 0) is 81.5 Å². The molecule has 0 aromatic carbocycles. The molecule has 0 aromatic heterocycles. The lowest BCUT2D eigenvalue weighted by molar-refractivity contribution is -0.0369. The SMILES string of the molecule is C[C@@]12C#CC[C@H]1[C@@H]1CCC3CC(Br)CC[C@@H]3[C@H]1CC2. The summed E-state index contributed by atoms with van der Waals surface area (Å²) >= 11 is 3.87. The molecule has 3 saturated carbocycles. The minimum atomic E-state index is 0.390. The third-order valence-corrected chi connectivity index (χ3v) is 7.81. The van der Waals surface area contributed by atoms with E-state index in [1.54, 1.807) is 0 Å². The summed E-state index contributed by atoms with van der Waals surface area (Å²) in [7, 11) is 0. The third kappa shape index (κ3) is 1.93. The molecule has 4 aliphatic carbocycles. The Balaban J connectivity index is 1.57. The van der Waals surface area contributed by atoms with Crippen LogP contribution >= 0.6 is 15.9 Å². The van der Waals surface area contributed by atoms with E-state index < -0.39 is 0 Å². The van der Waals surface area contributed by atoms with Gasteiger partial charge in [-0.25, -0.2) is 0 Å². The Morgan fingerprint density at radius 3 is 2.74 bits per heavy atom. The van der Waals surface area contributed by atoms with Crippen LogP contribution in [0.25, 0.3) is 0 Å². The number of hydrogen-bond donors (Lipinski definition) is 0. The van der Waals surface area contributed by atoms with E-state index in [1.807, 2.05) is 0 Å². The molecule has 0 aliphatic heterocycles. The van der Waals surface area contributed by atoms with Crippen molar-refractivity contribution >= 4 is 15.9 Å². The van der Waals surface area contributed by atoms with Crippen LogP contribution in [0.4, 0.5) is 0 Å². The summed E-state index contributed by atoms with van der Waals surface area (Å²) in [5.41, 5.74) is 0.390. The quantitative estimate of drug-likeness (QED) is 0.434. The van der Waals surface area contributed by atoms with Gasteiger partial charge in [0.2, 0.25) is 0 Å².